The molecule has 1 amide bonds. The van der Waals surface area contributed by atoms with Crippen molar-refractivity contribution in [2.24, 2.45) is 0 Å². The van der Waals surface area contributed by atoms with Gasteiger partial charge in [-0.15, -0.1) is 0 Å². The summed E-state index contributed by atoms with van der Waals surface area (Å²) in [4.78, 5) is 15.0. The van der Waals surface area contributed by atoms with Crippen molar-refractivity contribution < 1.29 is 13.2 Å². The van der Waals surface area contributed by atoms with Crippen molar-refractivity contribution >= 4 is 39.1 Å². The molecule has 2 aromatic carbocycles. The standard InChI is InChI=1S/C20H20Cl2N2O3S/c21-17-8-7-16(12-18(17)22)28(26,27)24-13-15-6-2-1-5-14(15)11-19(24)20(25)23-9-3-4-10-23/h1-2,5-8,12,19H,3-4,9-11,13H2. The van der Waals surface area contributed by atoms with Crippen LogP contribution in [0.3, 0.4) is 0 Å². The number of nitrogens with zero attached hydrogens (tertiary/aromatic N) is 2. The third kappa shape index (κ3) is 3.54. The number of amides is 1. The van der Waals surface area contributed by atoms with E-state index in [0.717, 1.165) is 24.0 Å². The highest BCUT2D eigenvalue weighted by Crippen LogP contribution is 2.32. The summed E-state index contributed by atoms with van der Waals surface area (Å²) in [5.74, 6) is -0.129. The van der Waals surface area contributed by atoms with E-state index in [1.54, 1.807) is 4.90 Å². The molecule has 2 aromatic rings. The summed E-state index contributed by atoms with van der Waals surface area (Å²) in [6.07, 6.45) is 2.27. The van der Waals surface area contributed by atoms with Gasteiger partial charge in [0.1, 0.15) is 6.04 Å². The van der Waals surface area contributed by atoms with Crippen LogP contribution in [0.1, 0.15) is 24.0 Å². The van der Waals surface area contributed by atoms with Crippen LogP contribution in [0.4, 0.5) is 0 Å². The van der Waals surface area contributed by atoms with Crippen LogP contribution in [0.15, 0.2) is 47.4 Å². The van der Waals surface area contributed by atoms with Crippen molar-refractivity contribution in [1.82, 2.24) is 9.21 Å². The molecule has 8 heteroatoms. The fourth-order valence-corrected chi connectivity index (χ4v) is 5.83. The molecular formula is C20H20Cl2N2O3S. The van der Waals surface area contributed by atoms with Gasteiger partial charge in [0.15, 0.2) is 0 Å². The van der Waals surface area contributed by atoms with Crippen molar-refractivity contribution in [2.45, 2.75) is 36.7 Å². The summed E-state index contributed by atoms with van der Waals surface area (Å²) < 4.78 is 28.2. The van der Waals surface area contributed by atoms with Crippen molar-refractivity contribution in [3.8, 4) is 0 Å². The lowest BCUT2D eigenvalue weighted by atomic mass is 9.95. The average molecular weight is 439 g/mol. The summed E-state index contributed by atoms with van der Waals surface area (Å²) in [6, 6.07) is 11.1. The lowest BCUT2D eigenvalue weighted by Gasteiger charge is -2.36. The molecule has 1 fully saturated rings. The van der Waals surface area contributed by atoms with E-state index in [2.05, 4.69) is 0 Å². The minimum Gasteiger partial charge on any atom is -0.341 e. The molecule has 0 bridgehead atoms. The van der Waals surface area contributed by atoms with Crippen LogP contribution in [0.5, 0.6) is 0 Å². The molecule has 5 nitrogen and oxygen atoms in total. The zero-order chi connectivity index (χ0) is 19.9. The average Bonchev–Trinajstić information content (AvgIpc) is 3.23. The van der Waals surface area contributed by atoms with Crippen molar-refractivity contribution in [1.29, 1.82) is 0 Å². The number of sulfonamides is 1. The highest BCUT2D eigenvalue weighted by atomic mass is 35.5. The lowest BCUT2D eigenvalue weighted by molar-refractivity contribution is -0.134. The first kappa shape index (κ1) is 19.7. The largest absolute Gasteiger partial charge is 0.341 e. The fourth-order valence-electron chi connectivity index (χ4n) is 3.88. The number of hydrogen-bond acceptors (Lipinski definition) is 3. The van der Waals surface area contributed by atoms with Gasteiger partial charge < -0.3 is 4.90 Å². The molecule has 0 aromatic heterocycles. The van der Waals surface area contributed by atoms with Gasteiger partial charge in [0.05, 0.1) is 14.9 Å². The van der Waals surface area contributed by atoms with Gasteiger partial charge in [0.25, 0.3) is 0 Å². The van der Waals surface area contributed by atoms with Crippen LogP contribution in [-0.4, -0.2) is 42.7 Å². The number of fused-ring (bicyclic) bond motifs is 1. The molecule has 28 heavy (non-hydrogen) atoms. The Labute approximate surface area is 174 Å². The van der Waals surface area contributed by atoms with Gasteiger partial charge >= 0.3 is 0 Å². The quantitative estimate of drug-likeness (QED) is 0.733. The van der Waals surface area contributed by atoms with E-state index in [1.807, 2.05) is 24.3 Å². The number of likely N-dealkylation sites (tertiary alicyclic amines) is 1. The van der Waals surface area contributed by atoms with Crippen LogP contribution in [0.25, 0.3) is 0 Å². The van der Waals surface area contributed by atoms with E-state index in [4.69, 9.17) is 23.2 Å². The molecule has 1 atom stereocenters. The second kappa shape index (κ2) is 7.67. The first-order valence-electron chi connectivity index (χ1n) is 9.20. The highest BCUT2D eigenvalue weighted by molar-refractivity contribution is 7.89. The van der Waals surface area contributed by atoms with Crippen molar-refractivity contribution in [3.05, 3.63) is 63.6 Å². The zero-order valence-corrected chi connectivity index (χ0v) is 17.5. The molecule has 0 spiro atoms. The Bertz CT molecular complexity index is 1020. The van der Waals surface area contributed by atoms with E-state index in [0.29, 0.717) is 19.5 Å². The van der Waals surface area contributed by atoms with E-state index < -0.39 is 16.1 Å². The molecule has 0 N–H and O–H groups in total. The fraction of sp³-hybridized carbons (Fsp3) is 0.350. The first-order valence-corrected chi connectivity index (χ1v) is 11.4. The summed E-state index contributed by atoms with van der Waals surface area (Å²) in [5.41, 5.74) is 1.93. The number of carbonyl (C=O) groups is 1. The Kier molecular flexibility index (Phi) is 5.40. The first-order chi connectivity index (χ1) is 13.4. The monoisotopic (exact) mass is 438 g/mol. The Hall–Kier alpha value is -1.60. The number of rotatable bonds is 3. The normalized spacial score (nSPS) is 20.2. The molecule has 2 aliphatic rings. The molecule has 4 rings (SSSR count). The number of hydrogen-bond donors (Lipinski definition) is 0. The second-order valence-electron chi connectivity index (χ2n) is 7.15. The Morgan fingerprint density at radius 2 is 1.64 bits per heavy atom. The van der Waals surface area contributed by atoms with Gasteiger partial charge in [-0.2, -0.15) is 4.31 Å². The molecule has 0 saturated carbocycles. The minimum atomic E-state index is -3.93. The molecule has 0 aliphatic carbocycles. The Morgan fingerprint density at radius 3 is 2.32 bits per heavy atom. The summed E-state index contributed by atoms with van der Waals surface area (Å²) >= 11 is 12.0. The van der Waals surface area contributed by atoms with E-state index >= 15 is 0 Å². The minimum absolute atomic E-state index is 0.0421. The van der Waals surface area contributed by atoms with E-state index in [1.165, 1.54) is 22.5 Å². The topological polar surface area (TPSA) is 57.7 Å². The summed E-state index contributed by atoms with van der Waals surface area (Å²) in [6.45, 7) is 1.51. The van der Waals surface area contributed by atoms with Gasteiger partial charge in [-0.1, -0.05) is 47.5 Å². The van der Waals surface area contributed by atoms with Gasteiger partial charge in [-0.3, -0.25) is 4.79 Å². The molecule has 2 aliphatic heterocycles. The molecular weight excluding hydrogens is 419 g/mol. The molecule has 2 heterocycles. The highest BCUT2D eigenvalue weighted by Gasteiger charge is 2.41. The van der Waals surface area contributed by atoms with Gasteiger partial charge in [-0.05, 0) is 48.6 Å². The van der Waals surface area contributed by atoms with Crippen LogP contribution in [0.2, 0.25) is 10.0 Å². The third-order valence-corrected chi connectivity index (χ3v) is 8.00. The second-order valence-corrected chi connectivity index (χ2v) is 9.85. The Balaban J connectivity index is 1.76. The SMILES string of the molecule is O=C(C1Cc2ccccc2CN1S(=O)(=O)c1ccc(Cl)c(Cl)c1)N1CCCC1. The predicted octanol–water partition coefficient (Wildman–Crippen LogP) is 3.73. The van der Waals surface area contributed by atoms with Gasteiger partial charge in [-0.25, -0.2) is 8.42 Å². The number of carbonyl (C=O) groups excluding carboxylic acids is 1. The van der Waals surface area contributed by atoms with Gasteiger partial charge in [0.2, 0.25) is 15.9 Å². The Morgan fingerprint density at radius 1 is 0.964 bits per heavy atom. The van der Waals surface area contributed by atoms with Crippen molar-refractivity contribution in [2.75, 3.05) is 13.1 Å². The predicted molar refractivity (Wildman–Crippen MR) is 109 cm³/mol. The van der Waals surface area contributed by atoms with Crippen LogP contribution in [-0.2, 0) is 27.8 Å². The van der Waals surface area contributed by atoms with Crippen LogP contribution in [0, 0.1) is 0 Å². The van der Waals surface area contributed by atoms with Crippen LogP contribution >= 0.6 is 23.2 Å². The lowest BCUT2D eigenvalue weighted by Crippen LogP contribution is -2.53. The molecule has 1 saturated heterocycles. The maximum atomic E-state index is 13.4. The maximum Gasteiger partial charge on any atom is 0.244 e. The molecule has 148 valence electrons. The zero-order valence-electron chi connectivity index (χ0n) is 15.1. The number of halogens is 2. The maximum absolute atomic E-state index is 13.4. The summed E-state index contributed by atoms with van der Waals surface area (Å²) in [5, 5.41) is 0.455. The smallest absolute Gasteiger partial charge is 0.244 e. The van der Waals surface area contributed by atoms with Crippen molar-refractivity contribution in [3.63, 3.8) is 0 Å². The molecule has 0 radical (unpaired) electrons. The van der Waals surface area contributed by atoms with Gasteiger partial charge in [0, 0.05) is 19.6 Å². The summed E-state index contributed by atoms with van der Waals surface area (Å²) in [7, 11) is -3.93. The molecule has 1 unspecified atom stereocenters. The third-order valence-electron chi connectivity index (χ3n) is 5.41. The number of benzene rings is 2. The van der Waals surface area contributed by atoms with E-state index in [9.17, 15) is 13.2 Å². The van der Waals surface area contributed by atoms with E-state index in [-0.39, 0.29) is 27.4 Å². The van der Waals surface area contributed by atoms with Crippen LogP contribution < -0.4 is 0 Å².